The van der Waals surface area contributed by atoms with Gasteiger partial charge in [-0.25, -0.2) is 19.9 Å². The Morgan fingerprint density at radius 1 is 0.421 bits per heavy atom. The second kappa shape index (κ2) is 12.3. The van der Waals surface area contributed by atoms with Crippen LogP contribution < -0.4 is 0 Å². The fraction of sp³-hybridized carbons (Fsp3) is 0. The van der Waals surface area contributed by atoms with Crippen LogP contribution in [0.3, 0.4) is 0 Å². The van der Waals surface area contributed by atoms with E-state index in [0.29, 0.717) is 17.5 Å². The predicted octanol–water partition coefficient (Wildman–Crippen LogP) is 12.4. The molecule has 0 saturated carbocycles. The molecule has 5 aromatic heterocycles. The fourth-order valence-corrected chi connectivity index (χ4v) is 8.52. The number of fused-ring (bicyclic) bond motifs is 10. The van der Waals surface area contributed by atoms with E-state index in [9.17, 15) is 0 Å². The normalized spacial score (nSPS) is 11.9. The summed E-state index contributed by atoms with van der Waals surface area (Å²) >= 11 is 0. The number of benzene rings is 7. The highest BCUT2D eigenvalue weighted by molar-refractivity contribution is 6.26. The van der Waals surface area contributed by atoms with Crippen LogP contribution in [0.1, 0.15) is 0 Å². The maximum Gasteiger partial charge on any atom is 0.167 e. The van der Waals surface area contributed by atoms with Gasteiger partial charge in [-0.05, 0) is 60.7 Å². The monoisotopic (exact) mass is 730 g/mol. The Labute approximate surface area is 325 Å². The molecule has 7 nitrogen and oxygen atoms in total. The molecule has 12 rings (SSSR count). The molecule has 0 aliphatic carbocycles. The van der Waals surface area contributed by atoms with E-state index < -0.39 is 0 Å². The molecule has 7 heteroatoms. The third-order valence-electron chi connectivity index (χ3n) is 11.0. The van der Waals surface area contributed by atoms with Gasteiger partial charge in [0.25, 0.3) is 0 Å². The smallest absolute Gasteiger partial charge is 0.167 e. The lowest BCUT2D eigenvalue weighted by atomic mass is 10.1. The van der Waals surface area contributed by atoms with E-state index in [1.54, 1.807) is 0 Å². The van der Waals surface area contributed by atoms with Crippen LogP contribution in [0, 0.1) is 0 Å². The van der Waals surface area contributed by atoms with Crippen molar-refractivity contribution in [1.82, 2.24) is 29.1 Å². The summed E-state index contributed by atoms with van der Waals surface area (Å²) in [5.41, 5.74) is 10.6. The zero-order valence-electron chi connectivity index (χ0n) is 30.4. The molecule has 5 heterocycles. The second-order valence-corrected chi connectivity index (χ2v) is 14.3. The highest BCUT2D eigenvalue weighted by Crippen LogP contribution is 2.43. The van der Waals surface area contributed by atoms with Crippen molar-refractivity contribution >= 4 is 65.7 Å². The lowest BCUT2D eigenvalue weighted by Crippen LogP contribution is -2.00. The molecule has 0 amide bonds. The van der Waals surface area contributed by atoms with Crippen LogP contribution >= 0.6 is 0 Å². The SMILES string of the molecule is c1ccc(-c2nc(-c3ccccc3)nc(-c3cccc4c3oc3ccc(-n5c6ccc7c8ccccc8n(-c8ccccc8)c7c6c6cccnc65)cc34)n2)cc1. The number of hydrogen-bond acceptors (Lipinski definition) is 5. The Morgan fingerprint density at radius 2 is 1.09 bits per heavy atom. The lowest BCUT2D eigenvalue weighted by Gasteiger charge is -2.10. The van der Waals surface area contributed by atoms with E-state index in [0.717, 1.165) is 71.9 Å². The summed E-state index contributed by atoms with van der Waals surface area (Å²) in [5, 5.41) is 6.65. The molecule has 0 aliphatic rings. The Hall–Kier alpha value is -7.90. The lowest BCUT2D eigenvalue weighted by molar-refractivity contribution is 0.669. The number of furan rings is 1. The highest BCUT2D eigenvalue weighted by Gasteiger charge is 2.23. The van der Waals surface area contributed by atoms with Crippen molar-refractivity contribution in [2.45, 2.75) is 0 Å². The topological polar surface area (TPSA) is 74.6 Å². The number of nitrogens with zero attached hydrogens (tertiary/aromatic N) is 6. The van der Waals surface area contributed by atoms with Crippen LogP contribution in [0.5, 0.6) is 0 Å². The van der Waals surface area contributed by atoms with Gasteiger partial charge in [0.1, 0.15) is 16.8 Å². The van der Waals surface area contributed by atoms with E-state index in [1.165, 1.54) is 21.8 Å². The minimum atomic E-state index is 0.553. The van der Waals surface area contributed by atoms with Gasteiger partial charge in [-0.2, -0.15) is 0 Å². The molecule has 266 valence electrons. The van der Waals surface area contributed by atoms with Crippen LogP contribution in [0.4, 0.5) is 0 Å². The summed E-state index contributed by atoms with van der Waals surface area (Å²) in [6.45, 7) is 0. The zero-order chi connectivity index (χ0) is 37.5. The first-order valence-electron chi connectivity index (χ1n) is 19.0. The van der Waals surface area contributed by atoms with Crippen molar-refractivity contribution in [2.75, 3.05) is 0 Å². The van der Waals surface area contributed by atoms with Crippen molar-refractivity contribution in [3.63, 3.8) is 0 Å². The van der Waals surface area contributed by atoms with Crippen LogP contribution in [-0.2, 0) is 0 Å². The van der Waals surface area contributed by atoms with Gasteiger partial charge >= 0.3 is 0 Å². The third kappa shape index (κ3) is 4.79. The Balaban J connectivity index is 1.09. The first-order chi connectivity index (χ1) is 28.3. The Kier molecular flexibility index (Phi) is 6.79. The van der Waals surface area contributed by atoms with Gasteiger partial charge in [-0.1, -0.05) is 115 Å². The summed E-state index contributed by atoms with van der Waals surface area (Å²) in [5.74, 6) is 1.76. The molecule has 57 heavy (non-hydrogen) atoms. The Bertz CT molecular complexity index is 3460. The maximum absolute atomic E-state index is 6.70. The molecule has 0 atom stereocenters. The number of pyridine rings is 1. The summed E-state index contributed by atoms with van der Waals surface area (Å²) < 4.78 is 11.4. The van der Waals surface area contributed by atoms with Crippen molar-refractivity contribution < 1.29 is 4.42 Å². The molecule has 0 fully saturated rings. The van der Waals surface area contributed by atoms with Gasteiger partial charge in [0.05, 0.1) is 22.1 Å². The first-order valence-corrected chi connectivity index (χ1v) is 19.0. The van der Waals surface area contributed by atoms with Gasteiger partial charge in [-0.15, -0.1) is 0 Å². The van der Waals surface area contributed by atoms with Crippen molar-refractivity contribution in [3.8, 4) is 45.5 Å². The van der Waals surface area contributed by atoms with Crippen LogP contribution in [-0.4, -0.2) is 29.1 Å². The number of aromatic nitrogens is 6. The average molecular weight is 731 g/mol. The third-order valence-corrected chi connectivity index (χ3v) is 11.0. The fourth-order valence-electron chi connectivity index (χ4n) is 8.52. The van der Waals surface area contributed by atoms with Gasteiger partial charge in [0, 0.05) is 61.0 Å². The van der Waals surface area contributed by atoms with Crippen molar-refractivity contribution in [2.24, 2.45) is 0 Å². The average Bonchev–Trinajstić information content (AvgIpc) is 3.94. The van der Waals surface area contributed by atoms with Gasteiger partial charge in [0.15, 0.2) is 17.5 Å². The van der Waals surface area contributed by atoms with Gasteiger partial charge in [0.2, 0.25) is 0 Å². The maximum atomic E-state index is 6.70. The van der Waals surface area contributed by atoms with Crippen LogP contribution in [0.2, 0.25) is 0 Å². The number of rotatable bonds is 5. The molecule has 7 aromatic carbocycles. The highest BCUT2D eigenvalue weighted by atomic mass is 16.3. The van der Waals surface area contributed by atoms with E-state index in [4.69, 9.17) is 24.4 Å². The van der Waals surface area contributed by atoms with Gasteiger partial charge in [-0.3, -0.25) is 4.57 Å². The zero-order valence-corrected chi connectivity index (χ0v) is 30.4. The Morgan fingerprint density at radius 3 is 1.86 bits per heavy atom. The summed E-state index contributed by atoms with van der Waals surface area (Å²) in [6, 6.07) is 60.6. The van der Waals surface area contributed by atoms with Crippen molar-refractivity contribution in [3.05, 3.63) is 182 Å². The van der Waals surface area contributed by atoms with E-state index in [2.05, 4.69) is 112 Å². The molecular formula is C50H30N6O. The van der Waals surface area contributed by atoms with E-state index >= 15 is 0 Å². The number of para-hydroxylation sites is 3. The molecule has 0 N–H and O–H groups in total. The summed E-state index contributed by atoms with van der Waals surface area (Å²) in [7, 11) is 0. The molecule has 0 radical (unpaired) electrons. The molecular weight excluding hydrogens is 701 g/mol. The molecule has 0 aliphatic heterocycles. The van der Waals surface area contributed by atoms with E-state index in [1.807, 2.05) is 79.0 Å². The minimum Gasteiger partial charge on any atom is -0.455 e. The second-order valence-electron chi connectivity index (χ2n) is 14.3. The predicted molar refractivity (Wildman–Crippen MR) is 230 cm³/mol. The van der Waals surface area contributed by atoms with Crippen LogP contribution in [0.25, 0.3) is 111 Å². The molecule has 0 spiro atoms. The standard InChI is InChI=1S/C50H30N6O/c1-4-14-31(15-5-1)47-52-48(32-16-6-2-7-17-32)54-49(53-47)39-22-12-21-37-40-30-34(25-28-43(40)57-46(37)39)56-42-27-26-36-35-20-10-11-24-41(35)55(33-18-8-3-9-19-33)45(36)44(42)38-23-13-29-51-50(38)56/h1-30H. The summed E-state index contributed by atoms with van der Waals surface area (Å²) in [6.07, 6.45) is 1.88. The van der Waals surface area contributed by atoms with Crippen molar-refractivity contribution in [1.29, 1.82) is 0 Å². The summed E-state index contributed by atoms with van der Waals surface area (Å²) in [4.78, 5) is 20.0. The molecule has 0 saturated heterocycles. The minimum absolute atomic E-state index is 0.553. The largest absolute Gasteiger partial charge is 0.455 e. The molecule has 0 unspecified atom stereocenters. The molecule has 0 bridgehead atoms. The van der Waals surface area contributed by atoms with E-state index in [-0.39, 0.29) is 0 Å². The number of hydrogen-bond donors (Lipinski definition) is 0. The van der Waals surface area contributed by atoms with Gasteiger partial charge < -0.3 is 8.98 Å². The molecule has 12 aromatic rings. The quantitative estimate of drug-likeness (QED) is 0.176. The van der Waals surface area contributed by atoms with Crippen LogP contribution in [0.15, 0.2) is 187 Å². The first kappa shape index (κ1) is 31.5.